The number of para-hydroxylation sites is 1. The van der Waals surface area contributed by atoms with Crippen LogP contribution >= 0.6 is 0 Å². The number of sulfonamides is 1. The molecule has 1 aliphatic rings. The molecule has 6 heteroatoms. The largest absolute Gasteiger partial charge is 0.496 e. The van der Waals surface area contributed by atoms with E-state index in [4.69, 9.17) is 4.74 Å². The van der Waals surface area contributed by atoms with Crippen LogP contribution in [0.25, 0.3) is 0 Å². The van der Waals surface area contributed by atoms with Gasteiger partial charge in [0, 0.05) is 24.8 Å². The molecule has 146 valence electrons. The van der Waals surface area contributed by atoms with E-state index in [-0.39, 0.29) is 0 Å². The molecule has 1 heterocycles. The molecule has 0 aliphatic carbocycles. The second-order valence-corrected chi connectivity index (χ2v) is 8.88. The van der Waals surface area contributed by atoms with Crippen LogP contribution in [0.5, 0.6) is 5.75 Å². The third-order valence-corrected chi connectivity index (χ3v) is 7.02. The Balaban J connectivity index is 1.62. The van der Waals surface area contributed by atoms with E-state index >= 15 is 0 Å². The summed E-state index contributed by atoms with van der Waals surface area (Å²) in [6.07, 6.45) is 1.80. The second kappa shape index (κ2) is 7.90. The molecule has 0 saturated carbocycles. The summed E-state index contributed by atoms with van der Waals surface area (Å²) in [6.45, 7) is 7.15. The van der Waals surface area contributed by atoms with Crippen LogP contribution in [0.15, 0.2) is 41.3 Å². The van der Waals surface area contributed by atoms with Crippen LogP contribution in [0.2, 0.25) is 0 Å². The summed E-state index contributed by atoms with van der Waals surface area (Å²) in [6, 6.07) is 12.2. The van der Waals surface area contributed by atoms with Gasteiger partial charge in [0.15, 0.2) is 0 Å². The molecule has 2 aromatic carbocycles. The zero-order chi connectivity index (χ0) is 19.6. The first-order valence-electron chi connectivity index (χ1n) is 9.33. The van der Waals surface area contributed by atoms with Crippen molar-refractivity contribution in [3.8, 4) is 5.75 Å². The second-order valence-electron chi connectivity index (χ2n) is 7.14. The minimum atomic E-state index is -3.53. The van der Waals surface area contributed by atoms with Crippen LogP contribution in [0, 0.1) is 13.8 Å². The van der Waals surface area contributed by atoms with Gasteiger partial charge in [0.1, 0.15) is 5.75 Å². The maximum atomic E-state index is 12.7. The van der Waals surface area contributed by atoms with Crippen molar-refractivity contribution in [3.05, 3.63) is 53.1 Å². The summed E-state index contributed by atoms with van der Waals surface area (Å²) in [5.74, 6) is 0.702. The number of fused-ring (bicyclic) bond motifs is 1. The smallest absolute Gasteiger partial charge is 0.240 e. The van der Waals surface area contributed by atoms with Crippen molar-refractivity contribution < 1.29 is 13.2 Å². The molecule has 1 N–H and O–H groups in total. The van der Waals surface area contributed by atoms with Crippen molar-refractivity contribution in [1.82, 2.24) is 4.72 Å². The van der Waals surface area contributed by atoms with Crippen LogP contribution in [-0.2, 0) is 16.4 Å². The number of hydrogen-bond donors (Lipinski definition) is 1. The standard InChI is InChI=1S/C21H28N2O3S/c1-15-14-18-8-5-6-9-19(18)23(15)13-7-12-22-27(24,25)21-11-10-20(26-4)16(2)17(21)3/h5-6,8-11,15,22H,7,12-14H2,1-4H3/t15-/m1/s1. The summed E-state index contributed by atoms with van der Waals surface area (Å²) >= 11 is 0. The monoisotopic (exact) mass is 388 g/mol. The fourth-order valence-corrected chi connectivity index (χ4v) is 5.16. The van der Waals surface area contributed by atoms with Crippen molar-refractivity contribution in [1.29, 1.82) is 0 Å². The number of ether oxygens (including phenoxy) is 1. The van der Waals surface area contributed by atoms with Crippen molar-refractivity contribution in [3.63, 3.8) is 0 Å². The Morgan fingerprint density at radius 1 is 1.15 bits per heavy atom. The van der Waals surface area contributed by atoms with E-state index in [9.17, 15) is 8.42 Å². The van der Waals surface area contributed by atoms with Gasteiger partial charge in [0.05, 0.1) is 12.0 Å². The van der Waals surface area contributed by atoms with E-state index < -0.39 is 10.0 Å². The van der Waals surface area contributed by atoms with Gasteiger partial charge >= 0.3 is 0 Å². The fourth-order valence-electron chi connectivity index (χ4n) is 3.79. The minimum Gasteiger partial charge on any atom is -0.496 e. The first-order valence-corrected chi connectivity index (χ1v) is 10.8. The normalized spacial score (nSPS) is 16.4. The highest BCUT2D eigenvalue weighted by molar-refractivity contribution is 7.89. The van der Waals surface area contributed by atoms with E-state index in [0.29, 0.717) is 23.2 Å². The van der Waals surface area contributed by atoms with Crippen molar-refractivity contribution in [2.24, 2.45) is 0 Å². The number of benzene rings is 2. The lowest BCUT2D eigenvalue weighted by Crippen LogP contribution is -2.33. The van der Waals surface area contributed by atoms with Gasteiger partial charge in [0.2, 0.25) is 10.0 Å². The van der Waals surface area contributed by atoms with Gasteiger partial charge in [-0.3, -0.25) is 0 Å². The Morgan fingerprint density at radius 2 is 1.89 bits per heavy atom. The van der Waals surface area contributed by atoms with Crippen molar-refractivity contribution >= 4 is 15.7 Å². The summed E-state index contributed by atoms with van der Waals surface area (Å²) in [4.78, 5) is 2.69. The summed E-state index contributed by atoms with van der Waals surface area (Å²) in [5, 5.41) is 0. The molecule has 3 rings (SSSR count). The van der Waals surface area contributed by atoms with Gasteiger partial charge in [0.25, 0.3) is 0 Å². The van der Waals surface area contributed by atoms with E-state index in [2.05, 4.69) is 40.8 Å². The van der Waals surface area contributed by atoms with Crippen LogP contribution < -0.4 is 14.4 Å². The molecule has 27 heavy (non-hydrogen) atoms. The molecule has 0 aromatic heterocycles. The van der Waals surface area contributed by atoms with Gasteiger partial charge in [-0.1, -0.05) is 18.2 Å². The third kappa shape index (κ3) is 3.96. The average Bonchev–Trinajstić information content (AvgIpc) is 2.96. The highest BCUT2D eigenvalue weighted by Gasteiger charge is 2.25. The number of nitrogens with zero attached hydrogens (tertiary/aromatic N) is 1. The Kier molecular flexibility index (Phi) is 5.77. The minimum absolute atomic E-state index is 0.320. The van der Waals surface area contributed by atoms with Crippen LogP contribution in [0.3, 0.4) is 0 Å². The Labute approximate surface area is 162 Å². The van der Waals surface area contributed by atoms with Crippen molar-refractivity contribution in [2.45, 2.75) is 44.6 Å². The SMILES string of the molecule is COc1ccc(S(=O)(=O)NCCCN2c3ccccc3C[C@H]2C)c(C)c1C. The Bertz CT molecular complexity index is 925. The topological polar surface area (TPSA) is 58.6 Å². The van der Waals surface area contributed by atoms with Crippen LogP contribution in [0.1, 0.15) is 30.0 Å². The highest BCUT2D eigenvalue weighted by atomic mass is 32.2. The summed E-state index contributed by atoms with van der Waals surface area (Å²) in [5.41, 5.74) is 4.22. The molecule has 0 fully saturated rings. The number of methoxy groups -OCH3 is 1. The fraction of sp³-hybridized carbons (Fsp3) is 0.429. The molecular weight excluding hydrogens is 360 g/mol. The lowest BCUT2D eigenvalue weighted by molar-refractivity contribution is 0.410. The van der Waals surface area contributed by atoms with Crippen LogP contribution in [0.4, 0.5) is 5.69 Å². The van der Waals surface area contributed by atoms with E-state index in [1.807, 2.05) is 13.8 Å². The molecule has 0 spiro atoms. The van der Waals surface area contributed by atoms with E-state index in [1.165, 1.54) is 11.3 Å². The van der Waals surface area contributed by atoms with Gasteiger partial charge in [-0.05, 0) is 68.5 Å². The molecule has 5 nitrogen and oxygen atoms in total. The highest BCUT2D eigenvalue weighted by Crippen LogP contribution is 2.31. The third-order valence-electron chi connectivity index (χ3n) is 5.41. The maximum Gasteiger partial charge on any atom is 0.240 e. The molecular formula is C21H28N2O3S. The van der Waals surface area contributed by atoms with Gasteiger partial charge < -0.3 is 9.64 Å². The Hall–Kier alpha value is -2.05. The number of anilines is 1. The number of rotatable bonds is 7. The van der Waals surface area contributed by atoms with E-state index in [0.717, 1.165) is 30.5 Å². The molecule has 2 aromatic rings. The van der Waals surface area contributed by atoms with Gasteiger partial charge in [-0.2, -0.15) is 0 Å². The lowest BCUT2D eigenvalue weighted by atomic mass is 10.1. The van der Waals surface area contributed by atoms with Crippen molar-refractivity contribution in [2.75, 3.05) is 25.1 Å². The first kappa shape index (κ1) is 19.7. The van der Waals surface area contributed by atoms with Gasteiger partial charge in [-0.15, -0.1) is 0 Å². The number of nitrogens with one attached hydrogen (secondary N) is 1. The Morgan fingerprint density at radius 3 is 2.63 bits per heavy atom. The molecule has 0 radical (unpaired) electrons. The molecule has 1 aliphatic heterocycles. The average molecular weight is 389 g/mol. The number of hydrogen-bond acceptors (Lipinski definition) is 4. The molecule has 0 amide bonds. The zero-order valence-electron chi connectivity index (χ0n) is 16.5. The molecule has 0 unspecified atom stereocenters. The zero-order valence-corrected chi connectivity index (χ0v) is 17.3. The van der Waals surface area contributed by atoms with Gasteiger partial charge in [-0.25, -0.2) is 13.1 Å². The van der Waals surface area contributed by atoms with Crippen LogP contribution in [-0.4, -0.2) is 34.7 Å². The summed E-state index contributed by atoms with van der Waals surface area (Å²) < 4.78 is 33.4. The summed E-state index contributed by atoms with van der Waals surface area (Å²) in [7, 11) is -1.94. The molecule has 0 bridgehead atoms. The first-order chi connectivity index (χ1) is 12.8. The molecule has 1 atom stereocenters. The predicted molar refractivity (Wildman–Crippen MR) is 109 cm³/mol. The molecule has 0 saturated heterocycles. The van der Waals surface area contributed by atoms with E-state index in [1.54, 1.807) is 19.2 Å². The quantitative estimate of drug-likeness (QED) is 0.739. The predicted octanol–water partition coefficient (Wildman–Crippen LogP) is 3.43. The lowest BCUT2D eigenvalue weighted by Gasteiger charge is -2.25. The maximum absolute atomic E-state index is 12.7.